The van der Waals surface area contributed by atoms with Crippen LogP contribution in [0.5, 0.6) is 5.75 Å². The van der Waals surface area contributed by atoms with Crippen LogP contribution in [0.2, 0.25) is 0 Å². The molecule has 4 rings (SSSR count). The highest BCUT2D eigenvalue weighted by Gasteiger charge is 2.33. The molecular weight excluding hydrogens is 415 g/mol. The van der Waals surface area contributed by atoms with Crippen molar-refractivity contribution in [1.29, 1.82) is 0 Å². The SMILES string of the molecule is C=Cc1cc(-n2ccc(C(F)(F)F)n2)ccc1-c1ccc(OCCCN2CCCC2)cc1. The van der Waals surface area contributed by atoms with E-state index in [1.807, 2.05) is 30.3 Å². The fourth-order valence-corrected chi connectivity index (χ4v) is 3.96. The summed E-state index contributed by atoms with van der Waals surface area (Å²) in [7, 11) is 0. The lowest BCUT2D eigenvalue weighted by molar-refractivity contribution is -0.141. The predicted octanol–water partition coefficient (Wildman–Crippen LogP) is 6.07. The summed E-state index contributed by atoms with van der Waals surface area (Å²) in [5, 5.41) is 3.64. The van der Waals surface area contributed by atoms with Gasteiger partial charge in [0.25, 0.3) is 0 Å². The zero-order valence-corrected chi connectivity index (χ0v) is 17.8. The van der Waals surface area contributed by atoms with Crippen molar-refractivity contribution in [3.63, 3.8) is 0 Å². The first-order valence-electron chi connectivity index (χ1n) is 10.8. The van der Waals surface area contributed by atoms with Gasteiger partial charge >= 0.3 is 6.18 Å². The molecule has 0 saturated carbocycles. The summed E-state index contributed by atoms with van der Waals surface area (Å²) in [6, 6.07) is 14.2. The average Bonchev–Trinajstić information content (AvgIpc) is 3.49. The van der Waals surface area contributed by atoms with Crippen LogP contribution < -0.4 is 4.74 Å². The van der Waals surface area contributed by atoms with E-state index in [0.717, 1.165) is 41.5 Å². The van der Waals surface area contributed by atoms with E-state index in [9.17, 15) is 13.2 Å². The molecule has 1 aliphatic heterocycles. The maximum atomic E-state index is 12.8. The Morgan fingerprint density at radius 3 is 2.44 bits per heavy atom. The minimum absolute atomic E-state index is 0.539. The third-order valence-corrected chi connectivity index (χ3v) is 5.65. The van der Waals surface area contributed by atoms with Gasteiger partial charge in [-0.05, 0) is 79.4 Å². The Balaban J connectivity index is 1.42. The molecule has 0 N–H and O–H groups in total. The molecule has 0 unspecified atom stereocenters. The van der Waals surface area contributed by atoms with Crippen molar-refractivity contribution in [1.82, 2.24) is 14.7 Å². The van der Waals surface area contributed by atoms with Crippen LogP contribution in [0, 0.1) is 0 Å². The molecule has 2 heterocycles. The molecule has 168 valence electrons. The summed E-state index contributed by atoms with van der Waals surface area (Å²) < 4.78 is 45.6. The van der Waals surface area contributed by atoms with E-state index in [2.05, 4.69) is 16.6 Å². The summed E-state index contributed by atoms with van der Waals surface area (Å²) in [6.07, 6.45) is 2.13. The maximum absolute atomic E-state index is 12.8. The second-order valence-corrected chi connectivity index (χ2v) is 7.89. The monoisotopic (exact) mass is 441 g/mol. The summed E-state index contributed by atoms with van der Waals surface area (Å²) >= 11 is 0. The number of benzene rings is 2. The van der Waals surface area contributed by atoms with Crippen LogP contribution in [0.25, 0.3) is 22.9 Å². The average molecular weight is 441 g/mol. The topological polar surface area (TPSA) is 30.3 Å². The van der Waals surface area contributed by atoms with E-state index in [1.165, 1.54) is 36.8 Å². The maximum Gasteiger partial charge on any atom is 0.435 e. The third-order valence-electron chi connectivity index (χ3n) is 5.65. The molecule has 4 nitrogen and oxygen atoms in total. The molecule has 1 saturated heterocycles. The van der Waals surface area contributed by atoms with E-state index < -0.39 is 11.9 Å². The Morgan fingerprint density at radius 2 is 1.78 bits per heavy atom. The smallest absolute Gasteiger partial charge is 0.435 e. The van der Waals surface area contributed by atoms with E-state index in [1.54, 1.807) is 18.2 Å². The minimum Gasteiger partial charge on any atom is -0.494 e. The first-order valence-corrected chi connectivity index (χ1v) is 10.8. The molecule has 1 aromatic heterocycles. The third kappa shape index (κ3) is 5.22. The molecule has 1 fully saturated rings. The van der Waals surface area contributed by atoms with Gasteiger partial charge < -0.3 is 9.64 Å². The minimum atomic E-state index is -4.47. The number of nitrogens with zero attached hydrogens (tertiary/aromatic N) is 3. The number of hydrogen-bond acceptors (Lipinski definition) is 3. The van der Waals surface area contributed by atoms with Crippen molar-refractivity contribution in [3.8, 4) is 22.6 Å². The van der Waals surface area contributed by atoms with Crippen LogP contribution in [-0.2, 0) is 6.18 Å². The molecule has 0 aliphatic carbocycles. The van der Waals surface area contributed by atoms with E-state index >= 15 is 0 Å². The van der Waals surface area contributed by atoms with Crippen molar-refractivity contribution in [3.05, 3.63) is 72.6 Å². The molecule has 2 aromatic carbocycles. The Kier molecular flexibility index (Phi) is 6.65. The lowest BCUT2D eigenvalue weighted by Gasteiger charge is -2.14. The van der Waals surface area contributed by atoms with Crippen LogP contribution in [0.3, 0.4) is 0 Å². The number of hydrogen-bond donors (Lipinski definition) is 0. The molecule has 0 atom stereocenters. The number of rotatable bonds is 8. The van der Waals surface area contributed by atoms with Gasteiger partial charge in [0, 0.05) is 12.7 Å². The van der Waals surface area contributed by atoms with Crippen molar-refractivity contribution in [2.45, 2.75) is 25.4 Å². The second-order valence-electron chi connectivity index (χ2n) is 7.89. The normalized spacial score (nSPS) is 14.6. The van der Waals surface area contributed by atoms with Crippen molar-refractivity contribution in [2.24, 2.45) is 0 Å². The van der Waals surface area contributed by atoms with E-state index in [4.69, 9.17) is 4.74 Å². The Bertz CT molecular complexity index is 1050. The van der Waals surface area contributed by atoms with E-state index in [-0.39, 0.29) is 0 Å². The molecule has 0 amide bonds. The molecule has 0 spiro atoms. The highest BCUT2D eigenvalue weighted by atomic mass is 19.4. The van der Waals surface area contributed by atoms with Crippen molar-refractivity contribution >= 4 is 6.08 Å². The molecule has 1 aliphatic rings. The summed E-state index contributed by atoms with van der Waals surface area (Å²) in [6.45, 7) is 8.02. The van der Waals surface area contributed by atoms with Gasteiger partial charge in [-0.15, -0.1) is 0 Å². The number of likely N-dealkylation sites (tertiary alicyclic amines) is 1. The standard InChI is InChI=1S/C25H26F3N3O/c1-2-19-18-21(31-16-12-24(29-31)25(26,27)28)8-11-23(19)20-6-9-22(10-7-20)32-17-5-15-30-13-3-4-14-30/h2,6-12,16,18H,1,3-5,13-15,17H2. The fourth-order valence-electron chi connectivity index (χ4n) is 3.96. The molecule has 0 radical (unpaired) electrons. The Hall–Kier alpha value is -3.06. The fraction of sp³-hybridized carbons (Fsp3) is 0.320. The summed E-state index contributed by atoms with van der Waals surface area (Å²) in [4.78, 5) is 2.47. The first-order chi connectivity index (χ1) is 15.4. The van der Waals surface area contributed by atoms with Gasteiger partial charge in [0.1, 0.15) is 5.75 Å². The second kappa shape index (κ2) is 9.61. The van der Waals surface area contributed by atoms with Gasteiger partial charge in [0.05, 0.1) is 12.3 Å². The molecule has 0 bridgehead atoms. The van der Waals surface area contributed by atoms with Crippen LogP contribution in [0.1, 0.15) is 30.5 Å². The quantitative estimate of drug-likeness (QED) is 0.398. The van der Waals surface area contributed by atoms with Crippen LogP contribution in [0.15, 0.2) is 61.3 Å². The van der Waals surface area contributed by atoms with Crippen LogP contribution in [0.4, 0.5) is 13.2 Å². The highest BCUT2D eigenvalue weighted by molar-refractivity contribution is 5.76. The van der Waals surface area contributed by atoms with Gasteiger partial charge in [-0.1, -0.05) is 30.9 Å². The lowest BCUT2D eigenvalue weighted by atomic mass is 9.99. The van der Waals surface area contributed by atoms with E-state index in [0.29, 0.717) is 12.3 Å². The Morgan fingerprint density at radius 1 is 1.03 bits per heavy atom. The summed E-state index contributed by atoms with van der Waals surface area (Å²) in [5.74, 6) is 0.822. The van der Waals surface area contributed by atoms with Crippen molar-refractivity contribution in [2.75, 3.05) is 26.2 Å². The molecule has 32 heavy (non-hydrogen) atoms. The highest BCUT2D eigenvalue weighted by Crippen LogP contribution is 2.30. The number of ether oxygens (including phenoxy) is 1. The summed E-state index contributed by atoms with van der Waals surface area (Å²) in [5.41, 5.74) is 2.35. The number of halogens is 3. The zero-order chi connectivity index (χ0) is 22.6. The first kappa shape index (κ1) is 22.1. The van der Waals surface area contributed by atoms with Gasteiger partial charge in [-0.25, -0.2) is 4.68 Å². The van der Waals surface area contributed by atoms with Gasteiger partial charge in [-0.3, -0.25) is 0 Å². The lowest BCUT2D eigenvalue weighted by Crippen LogP contribution is -2.21. The van der Waals surface area contributed by atoms with Gasteiger partial charge in [0.2, 0.25) is 0 Å². The van der Waals surface area contributed by atoms with Crippen molar-refractivity contribution < 1.29 is 17.9 Å². The molecular formula is C25H26F3N3O. The number of aromatic nitrogens is 2. The largest absolute Gasteiger partial charge is 0.494 e. The number of alkyl halides is 3. The van der Waals surface area contributed by atoms with Gasteiger partial charge in [0.15, 0.2) is 5.69 Å². The predicted molar refractivity (Wildman–Crippen MR) is 120 cm³/mol. The molecule has 7 heteroatoms. The zero-order valence-electron chi connectivity index (χ0n) is 17.8. The van der Waals surface area contributed by atoms with Crippen LogP contribution >= 0.6 is 0 Å². The Labute approximate surface area is 185 Å². The molecule has 3 aromatic rings. The van der Waals surface area contributed by atoms with Crippen LogP contribution in [-0.4, -0.2) is 40.9 Å². The van der Waals surface area contributed by atoms with Gasteiger partial charge in [-0.2, -0.15) is 18.3 Å².